The summed E-state index contributed by atoms with van der Waals surface area (Å²) < 4.78 is 5.43. The maximum atomic E-state index is 12.1. The molecule has 2 aromatic rings. The van der Waals surface area contributed by atoms with Crippen molar-refractivity contribution in [2.45, 2.75) is 20.0 Å². The number of pyridine rings is 1. The zero-order valence-corrected chi connectivity index (χ0v) is 13.8. The second-order valence-corrected chi connectivity index (χ2v) is 5.70. The van der Waals surface area contributed by atoms with Crippen LogP contribution in [-0.2, 0) is 0 Å². The molecule has 0 radical (unpaired) electrons. The Morgan fingerprint density at radius 1 is 1.26 bits per heavy atom. The van der Waals surface area contributed by atoms with Gasteiger partial charge in [0, 0.05) is 28.5 Å². The van der Waals surface area contributed by atoms with Gasteiger partial charge in [-0.2, -0.15) is 0 Å². The highest BCUT2D eigenvalue weighted by Gasteiger charge is 2.11. The van der Waals surface area contributed by atoms with Crippen molar-refractivity contribution in [1.29, 1.82) is 0 Å². The van der Waals surface area contributed by atoms with Crippen molar-refractivity contribution >= 4 is 17.5 Å². The number of carbonyl (C=O) groups is 1. The summed E-state index contributed by atoms with van der Waals surface area (Å²) in [5.41, 5.74) is 2.09. The fourth-order valence-electron chi connectivity index (χ4n) is 2.06. The van der Waals surface area contributed by atoms with Crippen LogP contribution in [0.1, 0.15) is 21.7 Å². The predicted octanol–water partition coefficient (Wildman–Crippen LogP) is 2.52. The topological polar surface area (TPSA) is 71.5 Å². The highest BCUT2D eigenvalue weighted by molar-refractivity contribution is 6.30. The number of rotatable bonds is 6. The first-order valence-electron chi connectivity index (χ1n) is 7.24. The van der Waals surface area contributed by atoms with E-state index >= 15 is 0 Å². The molecule has 0 bridgehead atoms. The van der Waals surface area contributed by atoms with Crippen molar-refractivity contribution in [2.24, 2.45) is 0 Å². The lowest BCUT2D eigenvalue weighted by molar-refractivity contribution is 0.0843. The van der Waals surface area contributed by atoms with Crippen LogP contribution in [0.5, 0.6) is 5.75 Å². The number of aromatic nitrogens is 1. The van der Waals surface area contributed by atoms with Crippen molar-refractivity contribution in [3.8, 4) is 5.75 Å². The molecule has 0 aliphatic heterocycles. The fraction of sp³-hybridized carbons (Fsp3) is 0.294. The zero-order valence-electron chi connectivity index (χ0n) is 13.0. The van der Waals surface area contributed by atoms with E-state index in [1.165, 1.54) is 0 Å². The lowest BCUT2D eigenvalue weighted by atomic mass is 10.2. The van der Waals surface area contributed by atoms with Crippen LogP contribution >= 0.6 is 11.6 Å². The number of benzene rings is 1. The van der Waals surface area contributed by atoms with Crippen LogP contribution in [0.4, 0.5) is 0 Å². The van der Waals surface area contributed by atoms with E-state index in [0.717, 1.165) is 11.4 Å². The molecule has 1 aromatic heterocycles. The van der Waals surface area contributed by atoms with Crippen LogP contribution in [0, 0.1) is 13.8 Å². The Hall–Kier alpha value is -2.11. The number of carbonyl (C=O) groups excluding carboxylic acids is 1. The van der Waals surface area contributed by atoms with Gasteiger partial charge in [0.1, 0.15) is 18.5 Å². The Kier molecular flexibility index (Phi) is 5.96. The molecule has 0 saturated carbocycles. The summed E-state index contributed by atoms with van der Waals surface area (Å²) in [7, 11) is 0. The maximum Gasteiger partial charge on any atom is 0.251 e. The number of nitrogens with one attached hydrogen (secondary N) is 1. The third-order valence-corrected chi connectivity index (χ3v) is 3.35. The van der Waals surface area contributed by atoms with E-state index in [4.69, 9.17) is 16.3 Å². The van der Waals surface area contributed by atoms with E-state index in [2.05, 4.69) is 10.3 Å². The van der Waals surface area contributed by atoms with Gasteiger partial charge in [-0.1, -0.05) is 11.6 Å². The average Bonchev–Trinajstić information content (AvgIpc) is 2.51. The summed E-state index contributed by atoms with van der Waals surface area (Å²) in [4.78, 5) is 16.3. The van der Waals surface area contributed by atoms with Gasteiger partial charge in [-0.3, -0.25) is 9.78 Å². The van der Waals surface area contributed by atoms with Crippen molar-refractivity contribution in [3.63, 3.8) is 0 Å². The minimum atomic E-state index is -0.807. The average molecular weight is 335 g/mol. The predicted molar refractivity (Wildman–Crippen MR) is 89.0 cm³/mol. The van der Waals surface area contributed by atoms with Gasteiger partial charge in [0.05, 0.1) is 0 Å². The number of aryl methyl sites for hydroxylation is 2. The highest BCUT2D eigenvalue weighted by atomic mass is 35.5. The summed E-state index contributed by atoms with van der Waals surface area (Å²) in [5, 5.41) is 13.2. The number of halogens is 1. The van der Waals surface area contributed by atoms with E-state index in [1.54, 1.807) is 36.4 Å². The summed E-state index contributed by atoms with van der Waals surface area (Å²) >= 11 is 5.78. The molecule has 2 rings (SSSR count). The molecule has 2 N–H and O–H groups in total. The van der Waals surface area contributed by atoms with Gasteiger partial charge in [0.25, 0.3) is 5.91 Å². The second-order valence-electron chi connectivity index (χ2n) is 5.27. The summed E-state index contributed by atoms with van der Waals surface area (Å²) in [5.74, 6) is 0.365. The lowest BCUT2D eigenvalue weighted by Gasteiger charge is -2.13. The zero-order chi connectivity index (χ0) is 16.8. The molecular weight excluding hydrogens is 316 g/mol. The van der Waals surface area contributed by atoms with Crippen LogP contribution in [0.25, 0.3) is 0 Å². The monoisotopic (exact) mass is 334 g/mol. The van der Waals surface area contributed by atoms with Crippen molar-refractivity contribution < 1.29 is 14.6 Å². The van der Waals surface area contributed by atoms with Crippen LogP contribution in [0.2, 0.25) is 5.02 Å². The molecule has 1 unspecified atom stereocenters. The van der Waals surface area contributed by atoms with Gasteiger partial charge in [-0.15, -0.1) is 0 Å². The third kappa shape index (κ3) is 5.54. The van der Waals surface area contributed by atoms with Crippen molar-refractivity contribution in [3.05, 3.63) is 58.4 Å². The molecule has 1 aromatic carbocycles. The van der Waals surface area contributed by atoms with Gasteiger partial charge >= 0.3 is 0 Å². The van der Waals surface area contributed by atoms with Crippen LogP contribution < -0.4 is 10.1 Å². The second kappa shape index (κ2) is 7.94. The number of aliphatic hydroxyl groups excluding tert-OH is 1. The third-order valence-electron chi connectivity index (χ3n) is 3.10. The number of amides is 1. The minimum absolute atomic E-state index is 0.0797. The van der Waals surface area contributed by atoms with Crippen molar-refractivity contribution in [1.82, 2.24) is 10.3 Å². The molecular formula is C17H19ClN2O3. The minimum Gasteiger partial charge on any atom is -0.491 e. The molecule has 0 aliphatic rings. The fourth-order valence-corrected chi connectivity index (χ4v) is 2.19. The summed E-state index contributed by atoms with van der Waals surface area (Å²) in [6.45, 7) is 3.85. The number of hydrogen-bond donors (Lipinski definition) is 2. The molecule has 5 nitrogen and oxygen atoms in total. The number of aliphatic hydroxyl groups is 1. The highest BCUT2D eigenvalue weighted by Crippen LogP contribution is 2.15. The molecule has 1 atom stereocenters. The Morgan fingerprint density at radius 2 is 1.87 bits per heavy atom. The summed E-state index contributed by atoms with van der Waals surface area (Å²) in [6, 6.07) is 10.3. The Morgan fingerprint density at radius 3 is 2.48 bits per heavy atom. The molecule has 23 heavy (non-hydrogen) atoms. The van der Waals surface area contributed by atoms with E-state index < -0.39 is 6.10 Å². The van der Waals surface area contributed by atoms with Gasteiger partial charge in [-0.25, -0.2) is 0 Å². The molecule has 0 fully saturated rings. The summed E-state index contributed by atoms with van der Waals surface area (Å²) in [6.07, 6.45) is -0.807. The van der Waals surface area contributed by atoms with Gasteiger partial charge < -0.3 is 15.2 Å². The number of nitrogens with zero attached hydrogens (tertiary/aromatic N) is 1. The van der Waals surface area contributed by atoms with Crippen LogP contribution in [-0.4, -0.2) is 35.3 Å². The first kappa shape index (κ1) is 17.2. The van der Waals surface area contributed by atoms with E-state index in [-0.39, 0.29) is 19.1 Å². The van der Waals surface area contributed by atoms with E-state index in [0.29, 0.717) is 16.3 Å². The molecule has 0 spiro atoms. The van der Waals surface area contributed by atoms with Crippen LogP contribution in [0.3, 0.4) is 0 Å². The molecule has 0 aliphatic carbocycles. The quantitative estimate of drug-likeness (QED) is 0.851. The van der Waals surface area contributed by atoms with Crippen LogP contribution in [0.15, 0.2) is 36.4 Å². The first-order valence-corrected chi connectivity index (χ1v) is 7.62. The molecule has 1 heterocycles. The van der Waals surface area contributed by atoms with E-state index in [9.17, 15) is 9.90 Å². The van der Waals surface area contributed by atoms with Crippen molar-refractivity contribution in [2.75, 3.05) is 13.2 Å². The van der Waals surface area contributed by atoms with Gasteiger partial charge in [0.15, 0.2) is 0 Å². The van der Waals surface area contributed by atoms with Gasteiger partial charge in [0.2, 0.25) is 0 Å². The Bertz CT molecular complexity index is 654. The SMILES string of the molecule is Cc1cc(C(=O)NCC(O)COc2ccc(Cl)cc2)cc(C)n1. The van der Waals surface area contributed by atoms with Gasteiger partial charge in [-0.05, 0) is 50.2 Å². The Labute approximate surface area is 140 Å². The molecule has 0 saturated heterocycles. The standard InChI is InChI=1S/C17H19ClN2O3/c1-11-7-13(8-12(2)20-11)17(22)19-9-15(21)10-23-16-5-3-14(18)4-6-16/h3-8,15,21H,9-10H2,1-2H3,(H,19,22). The Balaban J connectivity index is 1.80. The largest absolute Gasteiger partial charge is 0.491 e. The lowest BCUT2D eigenvalue weighted by Crippen LogP contribution is -2.35. The molecule has 1 amide bonds. The molecule has 122 valence electrons. The van der Waals surface area contributed by atoms with E-state index in [1.807, 2.05) is 13.8 Å². The maximum absolute atomic E-state index is 12.1. The number of ether oxygens (including phenoxy) is 1. The molecule has 6 heteroatoms. The number of hydrogen-bond acceptors (Lipinski definition) is 4. The normalized spacial score (nSPS) is 11.8. The first-order chi connectivity index (χ1) is 10.9. The smallest absolute Gasteiger partial charge is 0.251 e.